The summed E-state index contributed by atoms with van der Waals surface area (Å²) < 4.78 is 52.6. The second-order valence-electron chi connectivity index (χ2n) is 8.22. The van der Waals surface area contributed by atoms with Crippen LogP contribution in [-0.2, 0) is 26.2 Å². The first-order valence-electron chi connectivity index (χ1n) is 10.4. The predicted octanol–water partition coefficient (Wildman–Crippen LogP) is 2.98. The Labute approximate surface area is 193 Å². The van der Waals surface area contributed by atoms with Gasteiger partial charge in [-0.15, -0.1) is 0 Å². The Morgan fingerprint density at radius 2 is 1.70 bits per heavy atom. The van der Waals surface area contributed by atoms with E-state index < -0.39 is 46.1 Å². The van der Waals surface area contributed by atoms with Crippen molar-refractivity contribution >= 4 is 27.5 Å². The van der Waals surface area contributed by atoms with E-state index in [1.807, 2.05) is 25.1 Å². The predicted molar refractivity (Wildman–Crippen MR) is 123 cm³/mol. The minimum absolute atomic E-state index is 0.0581. The summed E-state index contributed by atoms with van der Waals surface area (Å²) in [6.45, 7) is 6.38. The molecule has 0 saturated carbocycles. The van der Waals surface area contributed by atoms with Crippen molar-refractivity contribution < 1.29 is 26.8 Å². The lowest BCUT2D eigenvalue weighted by Gasteiger charge is -2.32. The second-order valence-corrected chi connectivity index (χ2v) is 10.1. The zero-order chi connectivity index (χ0) is 24.9. The molecule has 33 heavy (non-hydrogen) atoms. The molecule has 0 aliphatic heterocycles. The fraction of sp³-hybridized carbons (Fsp3) is 0.391. The number of carbonyl (C=O) groups is 2. The molecule has 0 bridgehead atoms. The van der Waals surface area contributed by atoms with Crippen molar-refractivity contribution in [3.05, 3.63) is 65.2 Å². The summed E-state index contributed by atoms with van der Waals surface area (Å²) in [5, 5.41) is 2.75. The summed E-state index contributed by atoms with van der Waals surface area (Å²) in [5.41, 5.74) is 1.52. The van der Waals surface area contributed by atoms with Crippen LogP contribution in [0.1, 0.15) is 31.9 Å². The van der Waals surface area contributed by atoms with Gasteiger partial charge >= 0.3 is 0 Å². The van der Waals surface area contributed by atoms with Crippen molar-refractivity contribution in [2.75, 3.05) is 17.1 Å². The van der Waals surface area contributed by atoms with Gasteiger partial charge in [0.25, 0.3) is 0 Å². The SMILES string of the molecule is Cc1cccc(CN(C(=O)CN(c2ccc(F)c(F)c2)S(C)(=O)=O)[C@H](C)C(=O)NC(C)C)c1. The van der Waals surface area contributed by atoms with E-state index in [1.54, 1.807) is 26.8 Å². The molecule has 2 amide bonds. The van der Waals surface area contributed by atoms with Crippen LogP contribution in [-0.4, -0.2) is 50.0 Å². The lowest BCUT2D eigenvalue weighted by atomic mass is 10.1. The molecule has 0 aliphatic carbocycles. The Balaban J connectivity index is 2.41. The van der Waals surface area contributed by atoms with Gasteiger partial charge in [0.1, 0.15) is 12.6 Å². The highest BCUT2D eigenvalue weighted by Crippen LogP contribution is 2.21. The number of amides is 2. The summed E-state index contributed by atoms with van der Waals surface area (Å²) >= 11 is 0. The van der Waals surface area contributed by atoms with Gasteiger partial charge in [0.05, 0.1) is 11.9 Å². The molecule has 1 N–H and O–H groups in total. The monoisotopic (exact) mass is 481 g/mol. The summed E-state index contributed by atoms with van der Waals surface area (Å²) in [4.78, 5) is 27.3. The molecule has 0 spiro atoms. The highest BCUT2D eigenvalue weighted by Gasteiger charge is 2.30. The zero-order valence-electron chi connectivity index (χ0n) is 19.3. The molecular weight excluding hydrogens is 452 g/mol. The molecule has 2 aromatic carbocycles. The van der Waals surface area contributed by atoms with Gasteiger partial charge in [0.2, 0.25) is 21.8 Å². The highest BCUT2D eigenvalue weighted by molar-refractivity contribution is 7.92. The van der Waals surface area contributed by atoms with Crippen LogP contribution < -0.4 is 9.62 Å². The van der Waals surface area contributed by atoms with Gasteiger partial charge in [-0.2, -0.15) is 0 Å². The first-order chi connectivity index (χ1) is 15.3. The fourth-order valence-corrected chi connectivity index (χ4v) is 4.09. The number of anilines is 1. The third-order valence-electron chi connectivity index (χ3n) is 4.90. The van der Waals surface area contributed by atoms with Gasteiger partial charge in [0, 0.05) is 18.7 Å². The average molecular weight is 482 g/mol. The van der Waals surface area contributed by atoms with E-state index in [4.69, 9.17) is 0 Å². The average Bonchev–Trinajstić information content (AvgIpc) is 2.70. The van der Waals surface area contributed by atoms with Crippen LogP contribution in [0.25, 0.3) is 0 Å². The molecule has 0 heterocycles. The fourth-order valence-electron chi connectivity index (χ4n) is 3.25. The van der Waals surface area contributed by atoms with Crippen LogP contribution >= 0.6 is 0 Å². The molecule has 0 saturated heterocycles. The number of halogens is 2. The maximum Gasteiger partial charge on any atom is 0.244 e. The topological polar surface area (TPSA) is 86.8 Å². The molecule has 10 heteroatoms. The summed E-state index contributed by atoms with van der Waals surface area (Å²) in [7, 11) is -4.02. The first kappa shape index (κ1) is 26.2. The van der Waals surface area contributed by atoms with Crippen LogP contribution in [0.4, 0.5) is 14.5 Å². The van der Waals surface area contributed by atoms with E-state index in [-0.39, 0.29) is 18.3 Å². The molecule has 0 unspecified atom stereocenters. The maximum atomic E-state index is 13.8. The lowest BCUT2D eigenvalue weighted by molar-refractivity contribution is -0.139. The molecule has 2 aromatic rings. The number of nitrogens with one attached hydrogen (secondary N) is 1. The molecule has 1 atom stereocenters. The molecule has 0 fully saturated rings. The molecular formula is C23H29F2N3O4S. The van der Waals surface area contributed by atoms with Crippen LogP contribution in [0.2, 0.25) is 0 Å². The van der Waals surface area contributed by atoms with Gasteiger partial charge in [-0.3, -0.25) is 13.9 Å². The van der Waals surface area contributed by atoms with Crippen molar-refractivity contribution in [1.82, 2.24) is 10.2 Å². The minimum atomic E-state index is -4.02. The molecule has 0 aromatic heterocycles. The van der Waals surface area contributed by atoms with E-state index in [1.165, 1.54) is 4.90 Å². The van der Waals surface area contributed by atoms with E-state index >= 15 is 0 Å². The van der Waals surface area contributed by atoms with Gasteiger partial charge in [-0.25, -0.2) is 17.2 Å². The van der Waals surface area contributed by atoms with E-state index in [0.29, 0.717) is 10.4 Å². The Morgan fingerprint density at radius 3 is 2.24 bits per heavy atom. The number of carbonyl (C=O) groups excluding carboxylic acids is 2. The Morgan fingerprint density at radius 1 is 1.03 bits per heavy atom. The van der Waals surface area contributed by atoms with E-state index in [9.17, 15) is 26.8 Å². The van der Waals surface area contributed by atoms with Crippen LogP contribution in [0.15, 0.2) is 42.5 Å². The number of benzene rings is 2. The molecule has 180 valence electrons. The van der Waals surface area contributed by atoms with Crippen molar-refractivity contribution in [1.29, 1.82) is 0 Å². The first-order valence-corrected chi connectivity index (χ1v) is 12.2. The summed E-state index contributed by atoms with van der Waals surface area (Å²) in [6.07, 6.45) is 0.862. The van der Waals surface area contributed by atoms with Gasteiger partial charge in [-0.05, 0) is 45.4 Å². The number of hydrogen-bond acceptors (Lipinski definition) is 4. The Bertz CT molecular complexity index is 1120. The van der Waals surface area contributed by atoms with E-state index in [0.717, 1.165) is 29.5 Å². The number of nitrogens with zero attached hydrogens (tertiary/aromatic N) is 2. The Hall–Kier alpha value is -3.01. The zero-order valence-corrected chi connectivity index (χ0v) is 20.1. The van der Waals surface area contributed by atoms with Gasteiger partial charge in [0.15, 0.2) is 11.6 Å². The molecule has 0 radical (unpaired) electrons. The molecule has 0 aliphatic rings. The highest BCUT2D eigenvalue weighted by atomic mass is 32.2. The third-order valence-corrected chi connectivity index (χ3v) is 6.04. The van der Waals surface area contributed by atoms with Crippen molar-refractivity contribution in [3.8, 4) is 0 Å². The van der Waals surface area contributed by atoms with Crippen LogP contribution in [0.3, 0.4) is 0 Å². The summed E-state index contributed by atoms with van der Waals surface area (Å²) in [6, 6.07) is 8.86. The normalized spacial score (nSPS) is 12.4. The second kappa shape index (κ2) is 10.7. The number of hydrogen-bond donors (Lipinski definition) is 1. The number of aryl methyl sites for hydroxylation is 1. The third kappa shape index (κ3) is 7.24. The van der Waals surface area contributed by atoms with Crippen molar-refractivity contribution in [3.63, 3.8) is 0 Å². The van der Waals surface area contributed by atoms with Gasteiger partial charge < -0.3 is 10.2 Å². The van der Waals surface area contributed by atoms with Crippen LogP contribution in [0.5, 0.6) is 0 Å². The Kier molecular flexibility index (Phi) is 8.54. The summed E-state index contributed by atoms with van der Waals surface area (Å²) in [5.74, 6) is -3.45. The largest absolute Gasteiger partial charge is 0.352 e. The molecule has 7 nitrogen and oxygen atoms in total. The quantitative estimate of drug-likeness (QED) is 0.597. The smallest absolute Gasteiger partial charge is 0.244 e. The lowest BCUT2D eigenvalue weighted by Crippen LogP contribution is -2.52. The van der Waals surface area contributed by atoms with Crippen molar-refractivity contribution in [2.45, 2.75) is 46.3 Å². The number of rotatable bonds is 9. The van der Waals surface area contributed by atoms with Crippen molar-refractivity contribution in [2.24, 2.45) is 0 Å². The van der Waals surface area contributed by atoms with Gasteiger partial charge in [-0.1, -0.05) is 29.8 Å². The van der Waals surface area contributed by atoms with E-state index in [2.05, 4.69) is 5.32 Å². The van der Waals surface area contributed by atoms with Crippen LogP contribution in [0, 0.1) is 18.6 Å². The number of sulfonamides is 1. The standard InChI is InChI=1S/C23H29F2N3O4S/c1-15(2)26-23(30)17(4)27(13-18-8-6-7-16(3)11-18)22(29)14-28(33(5,31)32)19-9-10-20(24)21(25)12-19/h6-12,15,17H,13-14H2,1-5H3,(H,26,30)/t17-/m1/s1. The molecule has 2 rings (SSSR count). The maximum absolute atomic E-state index is 13.8. The minimum Gasteiger partial charge on any atom is -0.352 e.